The number of carbonyl (C=O) groups is 1. The van der Waals surface area contributed by atoms with Gasteiger partial charge in [0.2, 0.25) is 0 Å². The van der Waals surface area contributed by atoms with Gasteiger partial charge in [-0.05, 0) is 36.6 Å². The Kier molecular flexibility index (Phi) is 6.02. The van der Waals surface area contributed by atoms with Gasteiger partial charge in [0.15, 0.2) is 0 Å². The van der Waals surface area contributed by atoms with Crippen molar-refractivity contribution < 1.29 is 14.6 Å². The molecule has 112 valence electrons. The smallest absolute Gasteiger partial charge is 0.320 e. The van der Waals surface area contributed by atoms with E-state index in [-0.39, 0.29) is 5.41 Å². The second-order valence-corrected chi connectivity index (χ2v) is 5.58. The maximum absolute atomic E-state index is 10.8. The predicted octanol–water partition coefficient (Wildman–Crippen LogP) is 2.82. The van der Waals surface area contributed by atoms with Crippen molar-refractivity contribution >= 4 is 5.97 Å². The zero-order valence-corrected chi connectivity index (χ0v) is 12.8. The fraction of sp³-hybridized carbons (Fsp3) is 0.562. The third kappa shape index (κ3) is 4.53. The quantitative estimate of drug-likeness (QED) is 0.768. The minimum Gasteiger partial charge on any atom is -0.494 e. The molecule has 0 amide bonds. The molecule has 0 saturated heterocycles. The van der Waals surface area contributed by atoms with Crippen LogP contribution in [-0.2, 0) is 10.2 Å². The number of likely N-dealkylation sites (N-methyl/N-ethyl adjacent to an activating group) is 1. The van der Waals surface area contributed by atoms with E-state index in [1.807, 2.05) is 12.1 Å². The van der Waals surface area contributed by atoms with Crippen LogP contribution in [0.15, 0.2) is 24.3 Å². The SMILES string of the molecule is CCC(C)(C)c1ccc(OCCC(NC)C(=O)O)cc1. The highest BCUT2D eigenvalue weighted by atomic mass is 16.5. The van der Waals surface area contributed by atoms with E-state index >= 15 is 0 Å². The molecule has 1 aromatic rings. The summed E-state index contributed by atoms with van der Waals surface area (Å²) >= 11 is 0. The Balaban J connectivity index is 2.52. The fourth-order valence-electron chi connectivity index (χ4n) is 1.89. The van der Waals surface area contributed by atoms with Crippen LogP contribution in [0.25, 0.3) is 0 Å². The molecule has 1 unspecified atom stereocenters. The van der Waals surface area contributed by atoms with Gasteiger partial charge in [-0.3, -0.25) is 4.79 Å². The van der Waals surface area contributed by atoms with Gasteiger partial charge >= 0.3 is 5.97 Å². The van der Waals surface area contributed by atoms with Gasteiger partial charge in [0.05, 0.1) is 6.61 Å². The van der Waals surface area contributed by atoms with Gasteiger partial charge in [-0.2, -0.15) is 0 Å². The highest BCUT2D eigenvalue weighted by molar-refractivity contribution is 5.73. The second-order valence-electron chi connectivity index (χ2n) is 5.58. The van der Waals surface area contributed by atoms with Gasteiger partial charge < -0.3 is 15.2 Å². The molecule has 0 heterocycles. The average molecular weight is 279 g/mol. The normalized spacial score (nSPS) is 13.0. The number of aliphatic carboxylic acids is 1. The number of carboxylic acids is 1. The van der Waals surface area contributed by atoms with Crippen LogP contribution in [0.4, 0.5) is 0 Å². The molecule has 0 aliphatic rings. The molecule has 0 aliphatic carbocycles. The summed E-state index contributed by atoms with van der Waals surface area (Å²) in [5.74, 6) is -0.0722. The Bertz CT molecular complexity index is 426. The summed E-state index contributed by atoms with van der Waals surface area (Å²) in [6.07, 6.45) is 1.52. The van der Waals surface area contributed by atoms with Gasteiger partial charge in [0.25, 0.3) is 0 Å². The highest BCUT2D eigenvalue weighted by Crippen LogP contribution is 2.28. The molecule has 4 heteroatoms. The van der Waals surface area contributed by atoms with Crippen LogP contribution in [0.1, 0.15) is 39.2 Å². The summed E-state index contributed by atoms with van der Waals surface area (Å²) < 4.78 is 5.59. The van der Waals surface area contributed by atoms with Crippen LogP contribution >= 0.6 is 0 Å². The Hall–Kier alpha value is -1.55. The van der Waals surface area contributed by atoms with Crippen molar-refractivity contribution in [3.05, 3.63) is 29.8 Å². The van der Waals surface area contributed by atoms with E-state index in [1.54, 1.807) is 7.05 Å². The molecule has 0 aliphatic heterocycles. The predicted molar refractivity (Wildman–Crippen MR) is 80.4 cm³/mol. The summed E-state index contributed by atoms with van der Waals surface area (Å²) in [6.45, 7) is 6.99. The standard InChI is InChI=1S/C16H25NO3/c1-5-16(2,3)12-6-8-13(9-7-12)20-11-10-14(17-4)15(18)19/h6-9,14,17H,5,10-11H2,1-4H3,(H,18,19). The van der Waals surface area contributed by atoms with Crippen LogP contribution in [0.3, 0.4) is 0 Å². The lowest BCUT2D eigenvalue weighted by Crippen LogP contribution is -2.35. The molecule has 0 aromatic heterocycles. The van der Waals surface area contributed by atoms with E-state index in [4.69, 9.17) is 9.84 Å². The van der Waals surface area contributed by atoms with Crippen LogP contribution in [0.5, 0.6) is 5.75 Å². The Morgan fingerprint density at radius 1 is 1.35 bits per heavy atom. The molecular weight excluding hydrogens is 254 g/mol. The third-order valence-electron chi connectivity index (χ3n) is 3.84. The highest BCUT2D eigenvalue weighted by Gasteiger charge is 2.18. The maximum atomic E-state index is 10.8. The van der Waals surface area contributed by atoms with Crippen LogP contribution in [-0.4, -0.2) is 30.8 Å². The first-order valence-electron chi connectivity index (χ1n) is 7.04. The molecule has 1 rings (SSSR count). The lowest BCUT2D eigenvalue weighted by Gasteiger charge is -2.23. The summed E-state index contributed by atoms with van der Waals surface area (Å²) in [5, 5.41) is 11.7. The topological polar surface area (TPSA) is 58.6 Å². The zero-order valence-electron chi connectivity index (χ0n) is 12.8. The number of benzene rings is 1. The van der Waals surface area contributed by atoms with Crippen molar-refractivity contribution in [3.8, 4) is 5.75 Å². The lowest BCUT2D eigenvalue weighted by atomic mass is 9.82. The monoisotopic (exact) mass is 279 g/mol. The summed E-state index contributed by atoms with van der Waals surface area (Å²) in [7, 11) is 1.64. The number of hydrogen-bond donors (Lipinski definition) is 2. The zero-order chi connectivity index (χ0) is 15.2. The van der Waals surface area contributed by atoms with Crippen molar-refractivity contribution in [2.24, 2.45) is 0 Å². The van der Waals surface area contributed by atoms with Crippen molar-refractivity contribution in [2.45, 2.75) is 45.1 Å². The van der Waals surface area contributed by atoms with Crippen LogP contribution in [0, 0.1) is 0 Å². The number of ether oxygens (including phenoxy) is 1. The molecule has 2 N–H and O–H groups in total. The van der Waals surface area contributed by atoms with Crippen molar-refractivity contribution in [3.63, 3.8) is 0 Å². The maximum Gasteiger partial charge on any atom is 0.320 e. The molecule has 0 radical (unpaired) electrons. The van der Waals surface area contributed by atoms with E-state index in [1.165, 1.54) is 5.56 Å². The van der Waals surface area contributed by atoms with E-state index < -0.39 is 12.0 Å². The Labute approximate surface area is 121 Å². The van der Waals surface area contributed by atoms with Crippen molar-refractivity contribution in [1.29, 1.82) is 0 Å². The summed E-state index contributed by atoms with van der Waals surface area (Å²) in [4.78, 5) is 10.8. The minimum atomic E-state index is -0.851. The minimum absolute atomic E-state index is 0.166. The van der Waals surface area contributed by atoms with Gasteiger partial charge in [-0.1, -0.05) is 32.9 Å². The van der Waals surface area contributed by atoms with Crippen molar-refractivity contribution in [2.75, 3.05) is 13.7 Å². The van der Waals surface area contributed by atoms with Crippen molar-refractivity contribution in [1.82, 2.24) is 5.32 Å². The van der Waals surface area contributed by atoms with E-state index in [2.05, 4.69) is 38.2 Å². The first kappa shape index (κ1) is 16.5. The number of nitrogens with one attached hydrogen (secondary N) is 1. The first-order valence-corrected chi connectivity index (χ1v) is 7.04. The average Bonchev–Trinajstić information content (AvgIpc) is 2.43. The van der Waals surface area contributed by atoms with E-state index in [0.717, 1.165) is 12.2 Å². The summed E-state index contributed by atoms with van der Waals surface area (Å²) in [6, 6.07) is 7.48. The molecule has 20 heavy (non-hydrogen) atoms. The largest absolute Gasteiger partial charge is 0.494 e. The molecule has 1 aromatic carbocycles. The molecule has 1 atom stereocenters. The second kappa shape index (κ2) is 7.29. The number of carboxylic acid groups (broad SMARTS) is 1. The number of hydrogen-bond acceptors (Lipinski definition) is 3. The van der Waals surface area contributed by atoms with Crippen LogP contribution < -0.4 is 10.1 Å². The Morgan fingerprint density at radius 2 is 1.95 bits per heavy atom. The van der Waals surface area contributed by atoms with Gasteiger partial charge in [-0.15, -0.1) is 0 Å². The summed E-state index contributed by atoms with van der Waals surface area (Å²) in [5.41, 5.74) is 1.45. The molecule has 0 bridgehead atoms. The molecular formula is C16H25NO3. The number of rotatable bonds is 8. The molecule has 0 saturated carbocycles. The van der Waals surface area contributed by atoms with Gasteiger partial charge in [0, 0.05) is 6.42 Å². The third-order valence-corrected chi connectivity index (χ3v) is 3.84. The molecule has 0 fully saturated rings. The first-order chi connectivity index (χ1) is 9.40. The van der Waals surface area contributed by atoms with Crippen LogP contribution in [0.2, 0.25) is 0 Å². The van der Waals surface area contributed by atoms with Gasteiger partial charge in [-0.25, -0.2) is 0 Å². The molecule has 0 spiro atoms. The fourth-order valence-corrected chi connectivity index (χ4v) is 1.89. The molecule has 4 nitrogen and oxygen atoms in total. The lowest BCUT2D eigenvalue weighted by molar-refractivity contribution is -0.139. The Morgan fingerprint density at radius 3 is 2.40 bits per heavy atom. The van der Waals surface area contributed by atoms with E-state index in [9.17, 15) is 4.79 Å². The van der Waals surface area contributed by atoms with Gasteiger partial charge in [0.1, 0.15) is 11.8 Å². The van der Waals surface area contributed by atoms with E-state index in [0.29, 0.717) is 13.0 Å².